The standard InChI is InChI=1S/C11H15Cl2NO3S/c1-4-7(2)14-18(15,16)9-6-5-8(12)10(13)11(9)17-3/h5-7,14H,4H2,1-3H3. The summed E-state index contributed by atoms with van der Waals surface area (Å²) >= 11 is 11.7. The van der Waals surface area contributed by atoms with Gasteiger partial charge < -0.3 is 4.74 Å². The number of halogens is 2. The summed E-state index contributed by atoms with van der Waals surface area (Å²) in [4.78, 5) is -0.0142. The number of benzene rings is 1. The molecule has 0 spiro atoms. The Morgan fingerprint density at radius 1 is 1.39 bits per heavy atom. The van der Waals surface area contributed by atoms with Crippen molar-refractivity contribution in [3.8, 4) is 5.75 Å². The van der Waals surface area contributed by atoms with Gasteiger partial charge in [-0.1, -0.05) is 30.1 Å². The van der Waals surface area contributed by atoms with Gasteiger partial charge in [0.05, 0.1) is 12.1 Å². The highest BCUT2D eigenvalue weighted by atomic mass is 35.5. The van der Waals surface area contributed by atoms with Crippen LogP contribution >= 0.6 is 23.2 Å². The van der Waals surface area contributed by atoms with Crippen LogP contribution in [0.25, 0.3) is 0 Å². The van der Waals surface area contributed by atoms with Crippen LogP contribution in [0, 0.1) is 0 Å². The summed E-state index contributed by atoms with van der Waals surface area (Å²) in [5.74, 6) is 0.0555. The van der Waals surface area contributed by atoms with E-state index in [-0.39, 0.29) is 26.7 Å². The number of rotatable bonds is 5. The Kier molecular flexibility index (Phi) is 5.28. The summed E-state index contributed by atoms with van der Waals surface area (Å²) in [6, 6.07) is 2.63. The number of ether oxygens (including phenoxy) is 1. The van der Waals surface area contributed by atoms with Crippen molar-refractivity contribution in [1.82, 2.24) is 4.72 Å². The van der Waals surface area contributed by atoms with E-state index in [9.17, 15) is 8.42 Å². The summed E-state index contributed by atoms with van der Waals surface area (Å²) in [5.41, 5.74) is 0. The first-order chi connectivity index (χ1) is 8.33. The van der Waals surface area contributed by atoms with Crippen LogP contribution < -0.4 is 9.46 Å². The first-order valence-electron chi connectivity index (χ1n) is 5.37. The van der Waals surface area contributed by atoms with Gasteiger partial charge in [0.25, 0.3) is 0 Å². The molecule has 0 aliphatic heterocycles. The fraction of sp³-hybridized carbons (Fsp3) is 0.455. The van der Waals surface area contributed by atoms with E-state index in [1.54, 1.807) is 6.92 Å². The van der Waals surface area contributed by atoms with E-state index < -0.39 is 10.0 Å². The van der Waals surface area contributed by atoms with Gasteiger partial charge in [-0.05, 0) is 25.5 Å². The average molecular weight is 312 g/mol. The molecule has 1 atom stereocenters. The molecule has 18 heavy (non-hydrogen) atoms. The zero-order chi connectivity index (χ0) is 13.9. The highest BCUT2D eigenvalue weighted by molar-refractivity contribution is 7.89. The van der Waals surface area contributed by atoms with Crippen molar-refractivity contribution in [1.29, 1.82) is 0 Å². The van der Waals surface area contributed by atoms with Gasteiger partial charge in [0.15, 0.2) is 5.75 Å². The Bertz CT molecular complexity index is 531. The Hall–Kier alpha value is -0.490. The zero-order valence-corrected chi connectivity index (χ0v) is 12.7. The summed E-state index contributed by atoms with van der Waals surface area (Å²) in [6.07, 6.45) is 0.683. The second-order valence-electron chi connectivity index (χ2n) is 3.82. The zero-order valence-electron chi connectivity index (χ0n) is 10.3. The largest absolute Gasteiger partial charge is 0.494 e. The van der Waals surface area contributed by atoms with Gasteiger partial charge in [-0.25, -0.2) is 13.1 Å². The van der Waals surface area contributed by atoms with Crippen molar-refractivity contribution in [2.75, 3.05) is 7.11 Å². The Morgan fingerprint density at radius 2 is 2.00 bits per heavy atom. The molecule has 1 N–H and O–H groups in total. The van der Waals surface area contributed by atoms with E-state index in [1.165, 1.54) is 19.2 Å². The van der Waals surface area contributed by atoms with E-state index in [1.807, 2.05) is 6.92 Å². The minimum absolute atomic E-state index is 0.0142. The van der Waals surface area contributed by atoms with E-state index in [4.69, 9.17) is 27.9 Å². The summed E-state index contributed by atoms with van der Waals surface area (Å²) in [7, 11) is -2.32. The third kappa shape index (κ3) is 3.29. The number of nitrogens with one attached hydrogen (secondary N) is 1. The lowest BCUT2D eigenvalue weighted by molar-refractivity contribution is 0.402. The molecule has 0 aliphatic rings. The molecular weight excluding hydrogens is 297 g/mol. The van der Waals surface area contributed by atoms with Gasteiger partial charge in [-0.3, -0.25) is 0 Å². The molecule has 0 saturated heterocycles. The maximum absolute atomic E-state index is 12.2. The number of hydrogen-bond acceptors (Lipinski definition) is 3. The molecule has 0 radical (unpaired) electrons. The summed E-state index contributed by atoms with van der Waals surface area (Å²) in [6.45, 7) is 3.67. The van der Waals surface area contributed by atoms with Gasteiger partial charge in [0.2, 0.25) is 10.0 Å². The maximum Gasteiger partial charge on any atom is 0.244 e. The van der Waals surface area contributed by atoms with Crippen molar-refractivity contribution >= 4 is 33.2 Å². The van der Waals surface area contributed by atoms with Crippen LogP contribution in [-0.2, 0) is 10.0 Å². The molecule has 1 aromatic rings. The van der Waals surface area contributed by atoms with Crippen molar-refractivity contribution in [2.24, 2.45) is 0 Å². The molecule has 0 aliphatic carbocycles. The Balaban J connectivity index is 3.29. The number of methoxy groups -OCH3 is 1. The van der Waals surface area contributed by atoms with Crippen LogP contribution in [0.4, 0.5) is 0 Å². The van der Waals surface area contributed by atoms with Crippen LogP contribution in [0.5, 0.6) is 5.75 Å². The molecule has 1 aromatic carbocycles. The average Bonchev–Trinajstić information content (AvgIpc) is 2.31. The first-order valence-corrected chi connectivity index (χ1v) is 7.61. The van der Waals surface area contributed by atoms with Crippen LogP contribution in [0.2, 0.25) is 10.0 Å². The molecule has 102 valence electrons. The number of sulfonamides is 1. The minimum Gasteiger partial charge on any atom is -0.494 e. The van der Waals surface area contributed by atoms with Crippen molar-refractivity contribution in [2.45, 2.75) is 31.2 Å². The second kappa shape index (κ2) is 6.10. The van der Waals surface area contributed by atoms with Gasteiger partial charge in [0.1, 0.15) is 9.92 Å². The summed E-state index contributed by atoms with van der Waals surface area (Å²) in [5, 5.41) is 0.335. The lowest BCUT2D eigenvalue weighted by Crippen LogP contribution is -2.32. The predicted octanol–water partition coefficient (Wildman–Crippen LogP) is 3.08. The topological polar surface area (TPSA) is 55.4 Å². The molecular formula is C11H15Cl2NO3S. The van der Waals surface area contributed by atoms with Gasteiger partial charge in [-0.15, -0.1) is 0 Å². The molecule has 0 fully saturated rings. The fourth-order valence-electron chi connectivity index (χ4n) is 1.33. The van der Waals surface area contributed by atoms with Gasteiger partial charge in [-0.2, -0.15) is 0 Å². The highest BCUT2D eigenvalue weighted by Gasteiger charge is 2.24. The second-order valence-corrected chi connectivity index (χ2v) is 6.29. The molecule has 1 unspecified atom stereocenters. The van der Waals surface area contributed by atoms with Crippen molar-refractivity contribution in [3.63, 3.8) is 0 Å². The van der Waals surface area contributed by atoms with Gasteiger partial charge in [0, 0.05) is 6.04 Å². The Labute approximate surface area is 117 Å². The van der Waals surface area contributed by atoms with Crippen LogP contribution in [-0.4, -0.2) is 21.6 Å². The molecule has 0 aromatic heterocycles. The van der Waals surface area contributed by atoms with Crippen LogP contribution in [0.1, 0.15) is 20.3 Å². The maximum atomic E-state index is 12.2. The van der Waals surface area contributed by atoms with E-state index in [0.29, 0.717) is 6.42 Å². The fourth-order valence-corrected chi connectivity index (χ4v) is 3.27. The highest BCUT2D eigenvalue weighted by Crippen LogP contribution is 2.37. The van der Waals surface area contributed by atoms with Crippen molar-refractivity contribution < 1.29 is 13.2 Å². The molecule has 4 nitrogen and oxygen atoms in total. The monoisotopic (exact) mass is 311 g/mol. The first kappa shape index (κ1) is 15.6. The smallest absolute Gasteiger partial charge is 0.244 e. The molecule has 7 heteroatoms. The van der Waals surface area contributed by atoms with Gasteiger partial charge >= 0.3 is 0 Å². The normalized spacial score (nSPS) is 13.4. The van der Waals surface area contributed by atoms with E-state index in [2.05, 4.69) is 4.72 Å². The van der Waals surface area contributed by atoms with Crippen LogP contribution in [0.15, 0.2) is 17.0 Å². The SMILES string of the molecule is CCC(C)NS(=O)(=O)c1ccc(Cl)c(Cl)c1OC. The third-order valence-corrected chi connectivity index (χ3v) is 4.88. The molecule has 0 heterocycles. The molecule has 1 rings (SSSR count). The number of hydrogen-bond donors (Lipinski definition) is 1. The minimum atomic E-state index is -3.67. The quantitative estimate of drug-likeness (QED) is 0.909. The predicted molar refractivity (Wildman–Crippen MR) is 73.1 cm³/mol. The lowest BCUT2D eigenvalue weighted by Gasteiger charge is -2.15. The molecule has 0 saturated carbocycles. The molecule has 0 bridgehead atoms. The summed E-state index contributed by atoms with van der Waals surface area (Å²) < 4.78 is 31.9. The molecule has 0 amide bonds. The third-order valence-electron chi connectivity index (χ3n) is 2.48. The Morgan fingerprint density at radius 3 is 2.50 bits per heavy atom. The van der Waals surface area contributed by atoms with E-state index >= 15 is 0 Å². The van der Waals surface area contributed by atoms with E-state index in [0.717, 1.165) is 0 Å². The van der Waals surface area contributed by atoms with Crippen LogP contribution in [0.3, 0.4) is 0 Å². The lowest BCUT2D eigenvalue weighted by atomic mass is 10.3. The van der Waals surface area contributed by atoms with Crippen molar-refractivity contribution in [3.05, 3.63) is 22.2 Å².